The molecule has 1 aromatic carbocycles. The number of hydrogen-bond donors (Lipinski definition) is 1. The molecule has 2 aromatic rings. The molecule has 0 aliphatic carbocycles. The number of halogens is 1. The van der Waals surface area contributed by atoms with Gasteiger partial charge < -0.3 is 5.73 Å². The van der Waals surface area contributed by atoms with E-state index in [4.69, 9.17) is 17.3 Å². The zero-order valence-corrected chi connectivity index (χ0v) is 11.7. The van der Waals surface area contributed by atoms with Crippen molar-refractivity contribution in [3.8, 4) is 0 Å². The number of nitrogens with two attached hydrogens (primary N) is 1. The van der Waals surface area contributed by atoms with Crippen LogP contribution in [0.15, 0.2) is 48.8 Å². The van der Waals surface area contributed by atoms with Gasteiger partial charge in [0.15, 0.2) is 0 Å². The van der Waals surface area contributed by atoms with E-state index in [0.717, 1.165) is 17.1 Å². The van der Waals surface area contributed by atoms with Gasteiger partial charge in [0.25, 0.3) is 0 Å². The zero-order valence-electron chi connectivity index (χ0n) is 11.0. The second-order valence-corrected chi connectivity index (χ2v) is 5.02. The van der Waals surface area contributed by atoms with Crippen LogP contribution in [0.3, 0.4) is 0 Å². The average molecular weight is 276 g/mol. The van der Waals surface area contributed by atoms with Crippen LogP contribution in [0, 0.1) is 0 Å². The van der Waals surface area contributed by atoms with Crippen LogP contribution >= 0.6 is 11.6 Å². The Bertz CT molecular complexity index is 499. The fraction of sp³-hybridized carbons (Fsp3) is 0.267. The summed E-state index contributed by atoms with van der Waals surface area (Å²) < 4.78 is 0. The second kappa shape index (κ2) is 6.66. The summed E-state index contributed by atoms with van der Waals surface area (Å²) in [5.74, 6) is 0. The van der Waals surface area contributed by atoms with Crippen LogP contribution in [0.4, 0.5) is 0 Å². The Labute approximate surface area is 119 Å². The second-order valence-electron chi connectivity index (χ2n) is 4.58. The van der Waals surface area contributed by atoms with Gasteiger partial charge in [-0.15, -0.1) is 0 Å². The van der Waals surface area contributed by atoms with Gasteiger partial charge in [-0.25, -0.2) is 0 Å². The van der Waals surface area contributed by atoms with Crippen molar-refractivity contribution in [3.05, 3.63) is 64.9 Å². The maximum Gasteiger partial charge on any atom is 0.0486 e. The molecule has 1 heterocycles. The Morgan fingerprint density at radius 1 is 1.26 bits per heavy atom. The molecule has 0 aliphatic heterocycles. The summed E-state index contributed by atoms with van der Waals surface area (Å²) in [6.45, 7) is 1.39. The van der Waals surface area contributed by atoms with Gasteiger partial charge in [-0.2, -0.15) is 0 Å². The molecular formula is C15H18ClN3. The van der Waals surface area contributed by atoms with Gasteiger partial charge in [-0.3, -0.25) is 9.88 Å². The van der Waals surface area contributed by atoms with E-state index < -0.39 is 0 Å². The van der Waals surface area contributed by atoms with Crippen LogP contribution in [0.2, 0.25) is 5.02 Å². The van der Waals surface area contributed by atoms with Crippen LogP contribution in [-0.2, 0) is 6.54 Å². The number of pyridine rings is 1. The highest BCUT2D eigenvalue weighted by molar-refractivity contribution is 6.30. The molecule has 1 aromatic heterocycles. The smallest absolute Gasteiger partial charge is 0.0486 e. The van der Waals surface area contributed by atoms with E-state index in [9.17, 15) is 0 Å². The van der Waals surface area contributed by atoms with Crippen molar-refractivity contribution in [3.63, 3.8) is 0 Å². The Morgan fingerprint density at radius 2 is 2.00 bits per heavy atom. The first-order valence-electron chi connectivity index (χ1n) is 6.25. The van der Waals surface area contributed by atoms with Crippen molar-refractivity contribution in [1.82, 2.24) is 9.88 Å². The van der Waals surface area contributed by atoms with E-state index in [2.05, 4.69) is 23.0 Å². The summed E-state index contributed by atoms with van der Waals surface area (Å²) >= 11 is 5.89. The third kappa shape index (κ3) is 3.77. The summed E-state index contributed by atoms with van der Waals surface area (Å²) in [6, 6.07) is 12.1. The van der Waals surface area contributed by atoms with Crippen LogP contribution in [0.1, 0.15) is 17.2 Å². The van der Waals surface area contributed by atoms with Gasteiger partial charge >= 0.3 is 0 Å². The quantitative estimate of drug-likeness (QED) is 0.912. The molecule has 0 fully saturated rings. The Kier molecular flexibility index (Phi) is 4.91. The van der Waals surface area contributed by atoms with Gasteiger partial charge in [0.2, 0.25) is 0 Å². The minimum atomic E-state index is 0.171. The van der Waals surface area contributed by atoms with Gasteiger partial charge in [-0.1, -0.05) is 29.8 Å². The van der Waals surface area contributed by atoms with E-state index in [1.54, 1.807) is 6.20 Å². The molecule has 0 bridgehead atoms. The first-order chi connectivity index (χ1) is 9.20. The highest BCUT2D eigenvalue weighted by Gasteiger charge is 2.15. The lowest BCUT2D eigenvalue weighted by molar-refractivity contribution is 0.241. The first-order valence-corrected chi connectivity index (χ1v) is 6.63. The highest BCUT2D eigenvalue weighted by atomic mass is 35.5. The largest absolute Gasteiger partial charge is 0.329 e. The molecular weight excluding hydrogens is 258 g/mol. The molecule has 19 heavy (non-hydrogen) atoms. The molecule has 1 atom stereocenters. The minimum Gasteiger partial charge on any atom is -0.329 e. The van der Waals surface area contributed by atoms with Gasteiger partial charge in [0, 0.05) is 36.5 Å². The van der Waals surface area contributed by atoms with E-state index in [1.807, 2.05) is 36.5 Å². The molecule has 0 amide bonds. The SMILES string of the molecule is CN(Cc1ccc(Cl)cc1)C(CN)c1cccnc1. The van der Waals surface area contributed by atoms with Crippen molar-refractivity contribution in [2.24, 2.45) is 5.73 Å². The summed E-state index contributed by atoms with van der Waals surface area (Å²) in [4.78, 5) is 6.38. The highest BCUT2D eigenvalue weighted by Crippen LogP contribution is 2.20. The Balaban J connectivity index is 2.09. The lowest BCUT2D eigenvalue weighted by atomic mass is 10.1. The van der Waals surface area contributed by atoms with Crippen molar-refractivity contribution in [2.45, 2.75) is 12.6 Å². The van der Waals surface area contributed by atoms with Crippen molar-refractivity contribution in [1.29, 1.82) is 0 Å². The third-order valence-electron chi connectivity index (χ3n) is 3.17. The van der Waals surface area contributed by atoms with Crippen molar-refractivity contribution >= 4 is 11.6 Å². The number of likely N-dealkylation sites (N-methyl/N-ethyl adjacent to an activating group) is 1. The monoisotopic (exact) mass is 275 g/mol. The molecule has 0 aliphatic rings. The molecule has 1 unspecified atom stereocenters. The van der Waals surface area contributed by atoms with Gasteiger partial charge in [0.05, 0.1) is 0 Å². The lowest BCUT2D eigenvalue weighted by Gasteiger charge is -2.27. The third-order valence-corrected chi connectivity index (χ3v) is 3.42. The Morgan fingerprint density at radius 3 is 2.58 bits per heavy atom. The maximum absolute atomic E-state index is 5.89. The molecule has 3 nitrogen and oxygen atoms in total. The van der Waals surface area contributed by atoms with Crippen LogP contribution in [-0.4, -0.2) is 23.5 Å². The molecule has 0 spiro atoms. The molecule has 2 N–H and O–H groups in total. The molecule has 100 valence electrons. The molecule has 4 heteroatoms. The maximum atomic E-state index is 5.89. The standard InChI is InChI=1S/C15H18ClN3/c1-19(11-12-4-6-14(16)7-5-12)15(9-17)13-3-2-8-18-10-13/h2-8,10,15H,9,11,17H2,1H3. The van der Waals surface area contributed by atoms with E-state index >= 15 is 0 Å². The normalized spacial score (nSPS) is 12.6. The van der Waals surface area contributed by atoms with Crippen LogP contribution in [0.5, 0.6) is 0 Å². The molecule has 0 saturated heterocycles. The van der Waals surface area contributed by atoms with Gasteiger partial charge in [0.1, 0.15) is 0 Å². The molecule has 0 radical (unpaired) electrons. The summed E-state index contributed by atoms with van der Waals surface area (Å²) in [5.41, 5.74) is 8.25. The predicted molar refractivity (Wildman–Crippen MR) is 79.0 cm³/mol. The van der Waals surface area contributed by atoms with E-state index in [0.29, 0.717) is 6.54 Å². The topological polar surface area (TPSA) is 42.1 Å². The summed E-state index contributed by atoms with van der Waals surface area (Å²) in [7, 11) is 2.07. The fourth-order valence-electron chi connectivity index (χ4n) is 2.13. The molecule has 2 rings (SSSR count). The summed E-state index contributed by atoms with van der Waals surface area (Å²) in [5, 5.41) is 0.758. The minimum absolute atomic E-state index is 0.171. The molecule has 0 saturated carbocycles. The number of benzene rings is 1. The van der Waals surface area contributed by atoms with Crippen LogP contribution < -0.4 is 5.73 Å². The number of aromatic nitrogens is 1. The lowest BCUT2D eigenvalue weighted by Crippen LogP contribution is -2.30. The average Bonchev–Trinajstić information content (AvgIpc) is 2.43. The summed E-state index contributed by atoms with van der Waals surface area (Å²) in [6.07, 6.45) is 3.65. The van der Waals surface area contributed by atoms with Gasteiger partial charge in [-0.05, 0) is 36.4 Å². The Hall–Kier alpha value is -1.42. The van der Waals surface area contributed by atoms with Crippen LogP contribution in [0.25, 0.3) is 0 Å². The van der Waals surface area contributed by atoms with Crippen molar-refractivity contribution < 1.29 is 0 Å². The predicted octanol–water partition coefficient (Wildman–Crippen LogP) is 2.87. The van der Waals surface area contributed by atoms with E-state index in [1.165, 1.54) is 5.56 Å². The first kappa shape index (κ1) is 14.0. The number of rotatable bonds is 5. The number of nitrogens with zero attached hydrogens (tertiary/aromatic N) is 2. The zero-order chi connectivity index (χ0) is 13.7. The number of hydrogen-bond acceptors (Lipinski definition) is 3. The van der Waals surface area contributed by atoms with E-state index in [-0.39, 0.29) is 6.04 Å². The van der Waals surface area contributed by atoms with Crippen molar-refractivity contribution in [2.75, 3.05) is 13.6 Å². The fourth-order valence-corrected chi connectivity index (χ4v) is 2.26.